The monoisotopic (exact) mass is 712 g/mol. The van der Waals surface area contributed by atoms with Crippen LogP contribution in [0.1, 0.15) is 66.6 Å². The number of amides is 3. The molecule has 0 bridgehead atoms. The molecule has 272 valence electrons. The van der Waals surface area contributed by atoms with E-state index in [4.69, 9.17) is 14.2 Å². The molecule has 0 saturated heterocycles. The molecule has 12 nitrogen and oxygen atoms in total. The zero-order valence-electron chi connectivity index (χ0n) is 28.8. The van der Waals surface area contributed by atoms with E-state index < -0.39 is 100 Å². The van der Waals surface area contributed by atoms with Crippen molar-refractivity contribution in [3.05, 3.63) is 124 Å². The molecular formula is C36H39F3N4O8. The zero-order chi connectivity index (χ0) is 38.0. The predicted molar refractivity (Wildman–Crippen MR) is 181 cm³/mol. The van der Waals surface area contributed by atoms with Gasteiger partial charge in [-0.3, -0.25) is 19.2 Å². The number of halogens is 3. The number of rotatable bonds is 14. The normalized spacial score (nSPS) is 12.2. The van der Waals surface area contributed by atoms with Crippen LogP contribution >= 0.6 is 0 Å². The summed E-state index contributed by atoms with van der Waals surface area (Å²) in [7, 11) is 0. The molecule has 0 fully saturated rings. The lowest BCUT2D eigenvalue weighted by Gasteiger charge is -2.35. The van der Waals surface area contributed by atoms with E-state index in [-0.39, 0.29) is 6.61 Å². The summed E-state index contributed by atoms with van der Waals surface area (Å²) >= 11 is 0. The van der Waals surface area contributed by atoms with Gasteiger partial charge in [0.25, 0.3) is 11.8 Å². The highest BCUT2D eigenvalue weighted by molar-refractivity contribution is 5.99. The minimum atomic E-state index is -1.30. The van der Waals surface area contributed by atoms with Gasteiger partial charge >= 0.3 is 12.1 Å². The van der Waals surface area contributed by atoms with Crippen LogP contribution in [0, 0.1) is 17.5 Å². The van der Waals surface area contributed by atoms with Crippen molar-refractivity contribution in [1.82, 2.24) is 15.3 Å². The number of carbonyl (C=O) groups is 4. The second kappa shape index (κ2) is 17.2. The summed E-state index contributed by atoms with van der Waals surface area (Å²) in [6.45, 7) is 13.1. The number of pyridine rings is 1. The zero-order valence-corrected chi connectivity index (χ0v) is 28.8. The van der Waals surface area contributed by atoms with Gasteiger partial charge in [-0.1, -0.05) is 42.5 Å². The van der Waals surface area contributed by atoms with Gasteiger partial charge in [0.2, 0.25) is 5.43 Å². The molecule has 3 amide bonds. The second-order valence-corrected chi connectivity index (χ2v) is 12.1. The predicted octanol–water partition coefficient (Wildman–Crippen LogP) is 5.07. The molecule has 15 heteroatoms. The standard InChI is InChI=1S/C36H39F3N4O8/c1-8-21(3)41-34(47)30-32(50-19-23-13-11-10-12-14-23)31(45)27(33(46)40-17-26-28(38)15-24(37)16-29(26)39)18-42(30)43(35(48)51-36(5,6)7)25(9-2)20-49-22(4)44/h8-16,18,21,25H,1-2,17,19-20H2,3-7H3,(H,40,46)(H,41,47)/t21-,25-/m0/s1. The highest BCUT2D eigenvalue weighted by atomic mass is 19.1. The van der Waals surface area contributed by atoms with E-state index in [0.717, 1.165) is 22.8 Å². The Balaban J connectivity index is 2.37. The molecule has 0 aliphatic heterocycles. The Morgan fingerprint density at radius 2 is 1.63 bits per heavy atom. The van der Waals surface area contributed by atoms with Crippen LogP contribution in [0.25, 0.3) is 0 Å². The van der Waals surface area contributed by atoms with E-state index in [2.05, 4.69) is 23.8 Å². The fraction of sp³-hybridized carbons (Fsp3) is 0.306. The molecule has 0 aliphatic carbocycles. The van der Waals surface area contributed by atoms with Crippen molar-refractivity contribution in [2.45, 2.75) is 65.5 Å². The first-order valence-electron chi connectivity index (χ1n) is 15.6. The fourth-order valence-corrected chi connectivity index (χ4v) is 4.45. The quantitative estimate of drug-likeness (QED) is 0.174. The Kier molecular flexibility index (Phi) is 13.3. The Bertz CT molecular complexity index is 1830. The van der Waals surface area contributed by atoms with E-state index in [9.17, 15) is 37.1 Å². The van der Waals surface area contributed by atoms with Gasteiger partial charge in [0.1, 0.15) is 47.9 Å². The summed E-state index contributed by atoms with van der Waals surface area (Å²) < 4.78 is 59.9. The highest BCUT2D eigenvalue weighted by Gasteiger charge is 2.36. The maximum absolute atomic E-state index is 14.4. The highest BCUT2D eigenvalue weighted by Crippen LogP contribution is 2.23. The van der Waals surface area contributed by atoms with Crippen molar-refractivity contribution in [2.24, 2.45) is 0 Å². The second-order valence-electron chi connectivity index (χ2n) is 12.1. The van der Waals surface area contributed by atoms with Crippen LogP contribution in [0.15, 0.2) is 78.8 Å². The van der Waals surface area contributed by atoms with Crippen molar-refractivity contribution in [3.8, 4) is 5.75 Å². The third-order valence-electron chi connectivity index (χ3n) is 6.93. The van der Waals surface area contributed by atoms with Crippen molar-refractivity contribution in [2.75, 3.05) is 11.6 Å². The molecular weight excluding hydrogens is 673 g/mol. The van der Waals surface area contributed by atoms with Crippen molar-refractivity contribution >= 4 is 23.9 Å². The van der Waals surface area contributed by atoms with E-state index in [0.29, 0.717) is 17.7 Å². The molecule has 0 radical (unpaired) electrons. The van der Waals surface area contributed by atoms with Gasteiger partial charge in [-0.2, -0.15) is 0 Å². The molecule has 0 unspecified atom stereocenters. The largest absolute Gasteiger partial charge is 0.482 e. The van der Waals surface area contributed by atoms with Gasteiger partial charge in [-0.15, -0.1) is 13.2 Å². The molecule has 0 aliphatic rings. The Labute approximate surface area is 292 Å². The number of nitrogens with one attached hydrogen (secondary N) is 2. The molecule has 3 aromatic rings. The van der Waals surface area contributed by atoms with E-state index >= 15 is 0 Å². The lowest BCUT2D eigenvalue weighted by atomic mass is 10.1. The van der Waals surface area contributed by atoms with E-state index in [1.165, 1.54) is 12.2 Å². The number of hydrogen-bond donors (Lipinski definition) is 2. The van der Waals surface area contributed by atoms with Gasteiger partial charge in [0, 0.05) is 43.4 Å². The molecule has 2 atom stereocenters. The van der Waals surface area contributed by atoms with Crippen LogP contribution in [0.3, 0.4) is 0 Å². The van der Waals surface area contributed by atoms with Gasteiger partial charge in [0.05, 0.1) is 0 Å². The number of esters is 1. The summed E-state index contributed by atoms with van der Waals surface area (Å²) in [6.07, 6.45) is 2.28. The lowest BCUT2D eigenvalue weighted by molar-refractivity contribution is -0.141. The SMILES string of the molecule is C=C[C@H](C)NC(=O)c1c(OCc2ccccc2)c(=O)c(C(=O)NCc2c(F)cc(F)cc2F)cn1N(C(=O)OC(C)(C)C)[C@@H](C=C)COC(C)=O. The smallest absolute Gasteiger partial charge is 0.430 e. The Morgan fingerprint density at radius 1 is 1.00 bits per heavy atom. The number of benzene rings is 2. The molecule has 1 aromatic heterocycles. The average Bonchev–Trinajstić information content (AvgIpc) is 3.04. The Morgan fingerprint density at radius 3 is 2.18 bits per heavy atom. The summed E-state index contributed by atoms with van der Waals surface area (Å²) in [4.78, 5) is 67.5. The molecule has 2 aromatic carbocycles. The number of hydrogen-bond acceptors (Lipinski definition) is 8. The van der Waals surface area contributed by atoms with Gasteiger partial charge < -0.3 is 24.8 Å². The van der Waals surface area contributed by atoms with Crippen molar-refractivity contribution in [1.29, 1.82) is 0 Å². The van der Waals surface area contributed by atoms with Gasteiger partial charge in [-0.05, 0) is 33.3 Å². The van der Waals surface area contributed by atoms with E-state index in [1.54, 1.807) is 58.0 Å². The number of nitrogens with zero attached hydrogens (tertiary/aromatic N) is 2. The van der Waals surface area contributed by atoms with Crippen LogP contribution in [0.5, 0.6) is 5.75 Å². The minimum Gasteiger partial charge on any atom is -0.482 e. The Hall–Kier alpha value is -5.86. The number of carbonyl (C=O) groups excluding carboxylic acids is 4. The average molecular weight is 713 g/mol. The van der Waals surface area contributed by atoms with Crippen LogP contribution in [-0.4, -0.2) is 52.8 Å². The first-order valence-corrected chi connectivity index (χ1v) is 15.6. The minimum absolute atomic E-state index is 0.296. The number of ether oxygens (including phenoxy) is 3. The van der Waals surface area contributed by atoms with E-state index in [1.807, 2.05) is 0 Å². The third-order valence-corrected chi connectivity index (χ3v) is 6.93. The fourth-order valence-electron chi connectivity index (χ4n) is 4.45. The third kappa shape index (κ3) is 10.6. The first kappa shape index (κ1) is 39.6. The summed E-state index contributed by atoms with van der Waals surface area (Å²) in [5, 5.41) is 5.62. The van der Waals surface area contributed by atoms with Crippen LogP contribution in [0.4, 0.5) is 18.0 Å². The lowest BCUT2D eigenvalue weighted by Crippen LogP contribution is -2.54. The maximum Gasteiger partial charge on any atom is 0.430 e. The first-order chi connectivity index (χ1) is 24.0. The summed E-state index contributed by atoms with van der Waals surface area (Å²) in [6, 6.07) is 7.34. The summed E-state index contributed by atoms with van der Waals surface area (Å²) in [5.74, 6) is -7.39. The molecule has 1 heterocycles. The van der Waals surface area contributed by atoms with Crippen molar-refractivity contribution < 1.29 is 46.6 Å². The van der Waals surface area contributed by atoms with Crippen molar-refractivity contribution in [3.63, 3.8) is 0 Å². The van der Waals surface area contributed by atoms with Crippen LogP contribution < -0.4 is 25.8 Å². The number of aromatic nitrogens is 1. The van der Waals surface area contributed by atoms with Crippen LogP contribution in [0.2, 0.25) is 0 Å². The van der Waals surface area contributed by atoms with Gasteiger partial charge in [-0.25, -0.2) is 27.7 Å². The van der Waals surface area contributed by atoms with Gasteiger partial charge in [0.15, 0.2) is 11.4 Å². The molecule has 0 saturated carbocycles. The molecule has 51 heavy (non-hydrogen) atoms. The molecule has 3 rings (SSSR count). The topological polar surface area (TPSA) is 145 Å². The summed E-state index contributed by atoms with van der Waals surface area (Å²) in [5.41, 5.74) is -3.76. The molecule has 2 N–H and O–H groups in total. The molecule has 0 spiro atoms. The maximum atomic E-state index is 14.4. The van der Waals surface area contributed by atoms with Crippen LogP contribution in [-0.2, 0) is 27.4 Å².